The normalized spacial score (nSPS) is 34.8. The number of hydrogen-bond acceptors (Lipinski definition) is 9. The van der Waals surface area contributed by atoms with Crippen LogP contribution < -0.4 is 0 Å². The van der Waals surface area contributed by atoms with Crippen molar-refractivity contribution in [1.29, 1.82) is 0 Å². The number of benzene rings is 1. The Morgan fingerprint density at radius 1 is 1.02 bits per heavy atom. The first-order valence-corrected chi connectivity index (χ1v) is 20.5. The molecule has 0 amide bonds. The first-order chi connectivity index (χ1) is 26.2. The van der Waals surface area contributed by atoms with Crippen molar-refractivity contribution in [2.45, 2.75) is 135 Å². The van der Waals surface area contributed by atoms with Gasteiger partial charge in [-0.05, 0) is 106 Å². The number of carbonyl (C=O) groups excluding carboxylic acids is 4. The van der Waals surface area contributed by atoms with Gasteiger partial charge in [0, 0.05) is 42.9 Å². The minimum Gasteiger partial charge on any atom is -0.458 e. The van der Waals surface area contributed by atoms with Crippen molar-refractivity contribution in [2.75, 3.05) is 6.61 Å². The number of allylic oxidation sites excluding steroid dienone is 6. The molecular weight excluding hydrogens is 696 g/mol. The fourth-order valence-electron chi connectivity index (χ4n) is 10.7. The highest BCUT2D eigenvalue weighted by Crippen LogP contribution is 2.65. The summed E-state index contributed by atoms with van der Waals surface area (Å²) in [5, 5.41) is 33.4. The topological polar surface area (TPSA) is 147 Å². The lowest BCUT2D eigenvalue weighted by Gasteiger charge is -2.54. The third-order valence-corrected chi connectivity index (χ3v) is 14.0. The number of ketones is 2. The van der Waals surface area contributed by atoms with E-state index in [9.17, 15) is 34.5 Å². The van der Waals surface area contributed by atoms with Crippen LogP contribution in [0.3, 0.4) is 0 Å². The molecule has 1 aromatic rings. The van der Waals surface area contributed by atoms with Crippen LogP contribution in [0.2, 0.25) is 0 Å². The van der Waals surface area contributed by atoms with Crippen LogP contribution in [-0.4, -0.2) is 69.3 Å². The minimum atomic E-state index is -1.56. The molecule has 5 aliphatic rings. The summed E-state index contributed by atoms with van der Waals surface area (Å²) in [5.41, 5.74) is 1.44. The third kappa shape index (κ3) is 8.69. The Balaban J connectivity index is 0.950. The van der Waals surface area contributed by atoms with Gasteiger partial charge in [-0.15, -0.1) is 0 Å². The number of aliphatic hydroxyl groups excluding tert-OH is 2. The lowest BCUT2D eigenvalue weighted by Crippen LogP contribution is -2.55. The molecule has 0 saturated heterocycles. The van der Waals surface area contributed by atoms with Crippen molar-refractivity contribution >= 4 is 23.5 Å². The van der Waals surface area contributed by atoms with Crippen molar-refractivity contribution < 1.29 is 44.0 Å². The molecule has 0 bridgehead atoms. The van der Waals surface area contributed by atoms with Crippen molar-refractivity contribution in [3.8, 4) is 0 Å². The Hall–Kier alpha value is -3.66. The molecule has 0 aromatic heterocycles. The second kappa shape index (κ2) is 17.2. The lowest BCUT2D eigenvalue weighted by atomic mass is 9.50. The SMILES string of the molecule is CC(=O)O[C@H](/C=C/[C@@H]1[C@@H](C/C=C\CCCC(=O)OCC(=O)[C@@]2(O)CC[C@H]3[C@@H]4CCC5=CC(=O)CC[C@]5(C)C4=CC[C@@]32C)[C@@H](O)C[C@H]1O)CCc1ccccc1. The van der Waals surface area contributed by atoms with Gasteiger partial charge in [0.1, 0.15) is 11.7 Å². The molecule has 9 heteroatoms. The summed E-state index contributed by atoms with van der Waals surface area (Å²) in [4.78, 5) is 50.2. The van der Waals surface area contributed by atoms with Gasteiger partial charge < -0.3 is 24.8 Å². The monoisotopic (exact) mass is 756 g/mol. The van der Waals surface area contributed by atoms with E-state index in [2.05, 4.69) is 13.0 Å². The number of aryl methyl sites for hydroxylation is 1. The molecule has 3 fully saturated rings. The van der Waals surface area contributed by atoms with Gasteiger partial charge in [-0.25, -0.2) is 0 Å². The standard InChI is InChI=1S/C46H60O9/c1-30(47)55-34(17-15-31-11-7-6-8-12-31)18-20-36-35(40(49)28-41(36)50)13-9-4-5-10-14-43(52)54-29-42(51)46(53)26-23-39-37-19-16-32-27-33(48)21-24-44(32,2)38(37)22-25-45(39,46)3/h4,6-9,11-12,18,20,22,27,34-37,39-41,49-50,53H,5,10,13-17,19,21,23-26,28-29H2,1-3H3/b9-4-,20-18+/t34-,35+,36+,37+,39-,40-,41+,44-,45-,46-/m0/s1. The third-order valence-electron chi connectivity index (χ3n) is 14.0. The first-order valence-electron chi connectivity index (χ1n) is 20.5. The van der Waals surface area contributed by atoms with Crippen LogP contribution in [0.1, 0.15) is 110 Å². The van der Waals surface area contributed by atoms with E-state index in [1.54, 1.807) is 0 Å². The van der Waals surface area contributed by atoms with Crippen LogP contribution in [-0.2, 0) is 35.1 Å². The molecule has 1 aromatic carbocycles. The van der Waals surface area contributed by atoms with Gasteiger partial charge in [0.15, 0.2) is 12.4 Å². The number of Topliss-reactive ketones (excluding diaryl/α,β-unsaturated/α-hetero) is 1. The number of hydrogen-bond donors (Lipinski definition) is 3. The van der Waals surface area contributed by atoms with Crippen LogP contribution in [0.15, 0.2) is 77.9 Å². The Labute approximate surface area is 325 Å². The van der Waals surface area contributed by atoms with Crippen LogP contribution in [0.5, 0.6) is 0 Å². The molecule has 0 aliphatic heterocycles. The highest BCUT2D eigenvalue weighted by molar-refractivity contribution is 5.92. The summed E-state index contributed by atoms with van der Waals surface area (Å²) in [6, 6.07) is 9.97. The van der Waals surface area contributed by atoms with Gasteiger partial charge in [0.25, 0.3) is 0 Å². The molecule has 0 radical (unpaired) electrons. The van der Waals surface area contributed by atoms with E-state index in [4.69, 9.17) is 9.47 Å². The summed E-state index contributed by atoms with van der Waals surface area (Å²) in [6.07, 6.45) is 18.2. The molecule has 55 heavy (non-hydrogen) atoms. The molecule has 9 nitrogen and oxygen atoms in total. The number of rotatable bonds is 15. The van der Waals surface area contributed by atoms with Crippen LogP contribution in [0, 0.1) is 34.5 Å². The summed E-state index contributed by atoms with van der Waals surface area (Å²) in [5.74, 6) is -1.13. The number of carbonyl (C=O) groups is 4. The van der Waals surface area contributed by atoms with Crippen molar-refractivity contribution in [1.82, 2.24) is 0 Å². The molecular formula is C46H60O9. The number of ether oxygens (including phenoxy) is 2. The van der Waals surface area contributed by atoms with E-state index in [0.29, 0.717) is 44.9 Å². The van der Waals surface area contributed by atoms with Crippen LogP contribution >= 0.6 is 0 Å². The lowest BCUT2D eigenvalue weighted by molar-refractivity contribution is -0.163. The quantitative estimate of drug-likeness (QED) is 0.0991. The molecule has 0 heterocycles. The van der Waals surface area contributed by atoms with E-state index in [-0.39, 0.29) is 53.7 Å². The Kier molecular flexibility index (Phi) is 12.8. The number of fused-ring (bicyclic) bond motifs is 5. The highest BCUT2D eigenvalue weighted by atomic mass is 16.5. The predicted molar refractivity (Wildman–Crippen MR) is 208 cm³/mol. The Bertz CT molecular complexity index is 1710. The molecule has 298 valence electrons. The second-order valence-electron chi connectivity index (χ2n) is 17.3. The summed E-state index contributed by atoms with van der Waals surface area (Å²) in [6.45, 7) is 5.22. The van der Waals surface area contributed by atoms with Crippen molar-refractivity contribution in [3.63, 3.8) is 0 Å². The molecule has 0 spiro atoms. The van der Waals surface area contributed by atoms with Gasteiger partial charge in [0.05, 0.1) is 12.2 Å². The summed E-state index contributed by atoms with van der Waals surface area (Å²) < 4.78 is 11.0. The Morgan fingerprint density at radius 3 is 2.56 bits per heavy atom. The van der Waals surface area contributed by atoms with Gasteiger partial charge in [0.2, 0.25) is 5.78 Å². The summed E-state index contributed by atoms with van der Waals surface area (Å²) in [7, 11) is 0. The van der Waals surface area contributed by atoms with E-state index >= 15 is 0 Å². The fourth-order valence-corrected chi connectivity index (χ4v) is 10.7. The Morgan fingerprint density at radius 2 is 1.80 bits per heavy atom. The average molecular weight is 757 g/mol. The molecule has 3 saturated carbocycles. The van der Waals surface area contributed by atoms with E-state index < -0.39 is 47.7 Å². The molecule has 3 N–H and O–H groups in total. The highest BCUT2D eigenvalue weighted by Gasteiger charge is 2.64. The molecule has 10 atom stereocenters. The van der Waals surface area contributed by atoms with Crippen LogP contribution in [0.4, 0.5) is 0 Å². The second-order valence-corrected chi connectivity index (χ2v) is 17.3. The number of esters is 2. The zero-order valence-electron chi connectivity index (χ0n) is 32.8. The van der Waals surface area contributed by atoms with Crippen molar-refractivity contribution in [3.05, 3.63) is 83.5 Å². The van der Waals surface area contributed by atoms with E-state index in [0.717, 1.165) is 37.7 Å². The summed E-state index contributed by atoms with van der Waals surface area (Å²) >= 11 is 0. The zero-order valence-corrected chi connectivity index (χ0v) is 32.8. The zero-order chi connectivity index (χ0) is 39.4. The van der Waals surface area contributed by atoms with Gasteiger partial charge >= 0.3 is 11.9 Å². The maximum absolute atomic E-state index is 13.6. The molecule has 6 rings (SSSR count). The van der Waals surface area contributed by atoms with Crippen LogP contribution in [0.25, 0.3) is 0 Å². The van der Waals surface area contributed by atoms with Gasteiger partial charge in [-0.1, -0.05) is 79.6 Å². The van der Waals surface area contributed by atoms with Gasteiger partial charge in [-0.3, -0.25) is 19.2 Å². The maximum Gasteiger partial charge on any atom is 0.306 e. The average Bonchev–Trinajstić information content (AvgIpc) is 3.60. The number of aliphatic hydroxyl groups is 3. The van der Waals surface area contributed by atoms with Gasteiger partial charge in [-0.2, -0.15) is 0 Å². The smallest absolute Gasteiger partial charge is 0.306 e. The predicted octanol–water partition coefficient (Wildman–Crippen LogP) is 6.88. The first kappa shape index (κ1) is 41.0. The largest absolute Gasteiger partial charge is 0.458 e. The maximum atomic E-state index is 13.6. The fraction of sp³-hybridized carbons (Fsp3) is 0.609. The number of unbranched alkanes of at least 4 members (excludes halogenated alkanes) is 1. The minimum absolute atomic E-state index is 0.117. The van der Waals surface area contributed by atoms with E-state index in [1.807, 2.05) is 67.6 Å². The molecule has 0 unspecified atom stereocenters. The van der Waals surface area contributed by atoms with E-state index in [1.165, 1.54) is 18.1 Å². The van der Waals surface area contributed by atoms with Crippen molar-refractivity contribution in [2.24, 2.45) is 34.5 Å². The molecule has 5 aliphatic carbocycles.